The molecule has 0 amide bonds. The zero-order chi connectivity index (χ0) is 20.1. The van der Waals surface area contributed by atoms with Crippen LogP contribution in [0.15, 0.2) is 59.1 Å². The SMILES string of the molecule is C=C(C=NC)NC(=Nc1ccc(OC)cn1)c1c(C)c(-c2ccn[nH]2)cn1C. The van der Waals surface area contributed by atoms with Gasteiger partial charge in [0.15, 0.2) is 11.7 Å². The average Bonchev–Trinajstić information content (AvgIpc) is 3.30. The van der Waals surface area contributed by atoms with E-state index >= 15 is 0 Å². The van der Waals surface area contributed by atoms with Crippen LogP contribution < -0.4 is 10.1 Å². The molecule has 0 unspecified atom stereocenters. The Balaban J connectivity index is 2.08. The van der Waals surface area contributed by atoms with Crippen molar-refractivity contribution in [3.05, 3.63) is 60.3 Å². The Bertz CT molecular complexity index is 1010. The number of hydrogen-bond donors (Lipinski definition) is 2. The predicted octanol–water partition coefficient (Wildman–Crippen LogP) is 3.01. The highest BCUT2D eigenvalue weighted by atomic mass is 16.5. The Morgan fingerprint density at radius 3 is 2.79 bits per heavy atom. The van der Waals surface area contributed by atoms with Crippen molar-refractivity contribution >= 4 is 17.9 Å². The van der Waals surface area contributed by atoms with E-state index < -0.39 is 0 Å². The Morgan fingerprint density at radius 1 is 1.36 bits per heavy atom. The second kappa shape index (κ2) is 8.34. The number of H-pyrrole nitrogens is 1. The van der Waals surface area contributed by atoms with Gasteiger partial charge in [-0.25, -0.2) is 9.98 Å². The summed E-state index contributed by atoms with van der Waals surface area (Å²) in [4.78, 5) is 13.1. The van der Waals surface area contributed by atoms with Crippen LogP contribution in [0.2, 0.25) is 0 Å². The highest BCUT2D eigenvalue weighted by Crippen LogP contribution is 2.26. The molecule has 0 bridgehead atoms. The van der Waals surface area contributed by atoms with Crippen molar-refractivity contribution in [2.24, 2.45) is 17.0 Å². The van der Waals surface area contributed by atoms with Crippen LogP contribution >= 0.6 is 0 Å². The molecule has 3 aromatic rings. The summed E-state index contributed by atoms with van der Waals surface area (Å²) in [5, 5.41) is 10.3. The predicted molar refractivity (Wildman–Crippen MR) is 111 cm³/mol. The summed E-state index contributed by atoms with van der Waals surface area (Å²) >= 11 is 0. The van der Waals surface area contributed by atoms with Gasteiger partial charge in [-0.2, -0.15) is 5.10 Å². The van der Waals surface area contributed by atoms with Gasteiger partial charge in [0.1, 0.15) is 5.75 Å². The summed E-state index contributed by atoms with van der Waals surface area (Å²) in [6.45, 7) is 6.03. The Kier molecular flexibility index (Phi) is 5.69. The largest absolute Gasteiger partial charge is 0.495 e. The fourth-order valence-corrected chi connectivity index (χ4v) is 2.92. The molecule has 2 N–H and O–H groups in total. The van der Waals surface area contributed by atoms with Gasteiger partial charge in [0.05, 0.1) is 30.4 Å². The minimum atomic E-state index is 0.549. The monoisotopic (exact) mass is 377 g/mol. The number of nitrogens with zero attached hydrogens (tertiary/aromatic N) is 5. The molecule has 28 heavy (non-hydrogen) atoms. The Morgan fingerprint density at radius 2 is 2.18 bits per heavy atom. The minimum Gasteiger partial charge on any atom is -0.495 e. The zero-order valence-electron chi connectivity index (χ0n) is 16.4. The van der Waals surface area contributed by atoms with Crippen LogP contribution in [0.25, 0.3) is 11.3 Å². The van der Waals surface area contributed by atoms with Gasteiger partial charge in [0.2, 0.25) is 0 Å². The van der Waals surface area contributed by atoms with Crippen molar-refractivity contribution in [3.63, 3.8) is 0 Å². The van der Waals surface area contributed by atoms with Crippen molar-refractivity contribution in [2.45, 2.75) is 6.92 Å². The number of aryl methyl sites for hydroxylation is 1. The van der Waals surface area contributed by atoms with E-state index in [0.717, 1.165) is 22.5 Å². The number of aromatic nitrogens is 4. The van der Waals surface area contributed by atoms with E-state index in [-0.39, 0.29) is 0 Å². The second-order valence-corrected chi connectivity index (χ2v) is 6.15. The van der Waals surface area contributed by atoms with Crippen molar-refractivity contribution in [2.75, 3.05) is 14.2 Å². The molecule has 0 aliphatic carbocycles. The lowest BCUT2D eigenvalue weighted by Crippen LogP contribution is -2.26. The van der Waals surface area contributed by atoms with E-state index in [1.165, 1.54) is 0 Å². The third-order valence-corrected chi connectivity index (χ3v) is 4.20. The lowest BCUT2D eigenvalue weighted by Gasteiger charge is -2.12. The number of aliphatic imine (C=N–C) groups is 2. The van der Waals surface area contributed by atoms with Gasteiger partial charge in [-0.05, 0) is 30.7 Å². The lowest BCUT2D eigenvalue weighted by molar-refractivity contribution is 0.413. The van der Waals surface area contributed by atoms with E-state index in [0.29, 0.717) is 23.1 Å². The number of amidine groups is 1. The molecule has 0 fully saturated rings. The highest BCUT2D eigenvalue weighted by molar-refractivity contribution is 6.04. The molecule has 0 spiro atoms. The topological polar surface area (TPSA) is 92.5 Å². The van der Waals surface area contributed by atoms with E-state index in [1.54, 1.807) is 38.8 Å². The molecule has 0 aromatic carbocycles. The number of pyridine rings is 1. The number of ether oxygens (including phenoxy) is 1. The molecule has 0 saturated heterocycles. The fourth-order valence-electron chi connectivity index (χ4n) is 2.92. The normalized spacial score (nSPS) is 11.8. The first-order chi connectivity index (χ1) is 13.5. The summed E-state index contributed by atoms with van der Waals surface area (Å²) in [7, 11) is 5.27. The van der Waals surface area contributed by atoms with Crippen molar-refractivity contribution < 1.29 is 4.74 Å². The summed E-state index contributed by atoms with van der Waals surface area (Å²) in [6.07, 6.45) is 7.04. The summed E-state index contributed by atoms with van der Waals surface area (Å²) in [6, 6.07) is 5.55. The van der Waals surface area contributed by atoms with Crippen molar-refractivity contribution in [1.82, 2.24) is 25.1 Å². The smallest absolute Gasteiger partial charge is 0.157 e. The molecule has 144 valence electrons. The van der Waals surface area contributed by atoms with E-state index in [1.807, 2.05) is 36.9 Å². The van der Waals surface area contributed by atoms with Crippen LogP contribution in [0, 0.1) is 6.92 Å². The molecular weight excluding hydrogens is 354 g/mol. The molecule has 0 radical (unpaired) electrons. The number of allylic oxidation sites excluding steroid dienone is 1. The molecule has 0 aliphatic heterocycles. The van der Waals surface area contributed by atoms with Crippen LogP contribution in [-0.2, 0) is 7.05 Å². The molecular formula is C20H23N7O. The molecule has 8 heteroatoms. The first kappa shape index (κ1) is 19.1. The van der Waals surface area contributed by atoms with E-state index in [9.17, 15) is 0 Å². The van der Waals surface area contributed by atoms with E-state index in [4.69, 9.17) is 9.73 Å². The number of aromatic amines is 1. The second-order valence-electron chi connectivity index (χ2n) is 6.15. The van der Waals surface area contributed by atoms with Crippen molar-refractivity contribution in [3.8, 4) is 17.0 Å². The van der Waals surface area contributed by atoms with Crippen LogP contribution in [0.1, 0.15) is 11.3 Å². The van der Waals surface area contributed by atoms with Crippen LogP contribution in [0.4, 0.5) is 5.82 Å². The highest BCUT2D eigenvalue weighted by Gasteiger charge is 2.18. The molecule has 3 rings (SSSR count). The van der Waals surface area contributed by atoms with Crippen LogP contribution in [0.5, 0.6) is 5.75 Å². The van der Waals surface area contributed by atoms with Gasteiger partial charge in [-0.3, -0.25) is 10.1 Å². The summed E-state index contributed by atoms with van der Waals surface area (Å²) in [5.74, 6) is 1.84. The summed E-state index contributed by atoms with van der Waals surface area (Å²) < 4.78 is 7.18. The fraction of sp³-hybridized carbons (Fsp3) is 0.200. The van der Waals surface area contributed by atoms with Gasteiger partial charge in [0, 0.05) is 38.3 Å². The van der Waals surface area contributed by atoms with Gasteiger partial charge in [-0.1, -0.05) is 6.58 Å². The van der Waals surface area contributed by atoms with Gasteiger partial charge < -0.3 is 14.6 Å². The average molecular weight is 377 g/mol. The third-order valence-electron chi connectivity index (χ3n) is 4.20. The maximum Gasteiger partial charge on any atom is 0.157 e. The first-order valence-corrected chi connectivity index (χ1v) is 8.66. The maximum atomic E-state index is 5.17. The zero-order valence-corrected chi connectivity index (χ0v) is 16.4. The third kappa shape index (κ3) is 4.01. The maximum absolute atomic E-state index is 5.17. The Labute approximate surface area is 163 Å². The Hall–Kier alpha value is -3.68. The molecule has 3 heterocycles. The minimum absolute atomic E-state index is 0.549. The number of nitrogens with one attached hydrogen (secondary N) is 2. The molecule has 0 atom stereocenters. The van der Waals surface area contributed by atoms with Crippen LogP contribution in [0.3, 0.4) is 0 Å². The quantitative estimate of drug-likeness (QED) is 0.510. The molecule has 8 nitrogen and oxygen atoms in total. The van der Waals surface area contributed by atoms with Gasteiger partial charge in [-0.15, -0.1) is 0 Å². The molecule has 0 aliphatic rings. The van der Waals surface area contributed by atoms with Crippen LogP contribution in [-0.4, -0.2) is 46.0 Å². The molecule has 3 aromatic heterocycles. The number of methoxy groups -OCH3 is 1. The standard InChI is InChI=1S/C20H23N7O/c1-13(10-21-3)24-20(25-18-7-6-15(28-5)11-22-18)19-14(2)16(12-27(19)4)17-8-9-23-26-17/h6-12H,1H2,2-5H3,(H,23,26)(H,22,24,25). The lowest BCUT2D eigenvalue weighted by atomic mass is 10.1. The number of rotatable bonds is 6. The molecule has 0 saturated carbocycles. The van der Waals surface area contributed by atoms with Gasteiger partial charge >= 0.3 is 0 Å². The number of hydrogen-bond acceptors (Lipinski definition) is 5. The van der Waals surface area contributed by atoms with Crippen molar-refractivity contribution in [1.29, 1.82) is 0 Å². The summed E-state index contributed by atoms with van der Waals surface area (Å²) in [5.41, 5.74) is 4.57. The first-order valence-electron chi connectivity index (χ1n) is 8.66. The van der Waals surface area contributed by atoms with E-state index in [2.05, 4.69) is 32.1 Å². The van der Waals surface area contributed by atoms with Gasteiger partial charge in [0.25, 0.3) is 0 Å².